The van der Waals surface area contributed by atoms with Gasteiger partial charge in [0.25, 0.3) is 0 Å². The van der Waals surface area contributed by atoms with Gasteiger partial charge in [-0.05, 0) is 43.2 Å². The molecular formula is C18H30N2O. The van der Waals surface area contributed by atoms with Crippen LogP contribution in [0.15, 0.2) is 30.3 Å². The first-order valence-electron chi connectivity index (χ1n) is 8.28. The van der Waals surface area contributed by atoms with E-state index in [1.165, 1.54) is 19.3 Å². The van der Waals surface area contributed by atoms with Crippen LogP contribution in [0.4, 0.5) is 0 Å². The highest BCUT2D eigenvalue weighted by molar-refractivity contribution is 5.22. The molecule has 0 spiro atoms. The van der Waals surface area contributed by atoms with Gasteiger partial charge in [-0.2, -0.15) is 0 Å². The third kappa shape index (κ3) is 3.65. The maximum absolute atomic E-state index is 10.8. The van der Waals surface area contributed by atoms with E-state index in [2.05, 4.69) is 18.7 Å². The second-order valence-electron chi connectivity index (χ2n) is 6.58. The van der Waals surface area contributed by atoms with Crippen LogP contribution in [-0.4, -0.2) is 36.2 Å². The number of hydrogen-bond acceptors (Lipinski definition) is 3. The first kappa shape index (κ1) is 16.5. The molecule has 1 atom stereocenters. The topological polar surface area (TPSA) is 49.5 Å². The van der Waals surface area contributed by atoms with Gasteiger partial charge in [-0.15, -0.1) is 0 Å². The van der Waals surface area contributed by atoms with Crippen LogP contribution in [0.3, 0.4) is 0 Å². The Morgan fingerprint density at radius 3 is 2.43 bits per heavy atom. The van der Waals surface area contributed by atoms with Crippen molar-refractivity contribution in [2.24, 2.45) is 11.1 Å². The Kier molecular flexibility index (Phi) is 5.42. The zero-order valence-electron chi connectivity index (χ0n) is 13.5. The standard InChI is InChI=1S/C18H30N2O/c1-3-17(4-2)10-12-20(15-17)13-11-18(21,14-19)16-8-6-5-7-9-16/h5-9,21H,3-4,10-15,19H2,1-2H3. The summed E-state index contributed by atoms with van der Waals surface area (Å²) in [6.45, 7) is 8.11. The van der Waals surface area contributed by atoms with E-state index in [0.717, 1.165) is 25.2 Å². The second kappa shape index (κ2) is 6.91. The van der Waals surface area contributed by atoms with E-state index in [-0.39, 0.29) is 6.54 Å². The van der Waals surface area contributed by atoms with E-state index >= 15 is 0 Å². The van der Waals surface area contributed by atoms with Crippen molar-refractivity contribution in [2.45, 2.75) is 45.1 Å². The lowest BCUT2D eigenvalue weighted by Gasteiger charge is -2.31. The van der Waals surface area contributed by atoms with Crippen LogP contribution in [0, 0.1) is 5.41 Å². The number of likely N-dealkylation sites (tertiary alicyclic amines) is 1. The molecule has 118 valence electrons. The molecule has 0 aliphatic carbocycles. The number of nitrogens with zero attached hydrogens (tertiary/aromatic N) is 1. The first-order chi connectivity index (χ1) is 10.1. The highest BCUT2D eigenvalue weighted by Gasteiger charge is 2.36. The molecule has 0 radical (unpaired) electrons. The molecule has 0 aromatic heterocycles. The molecule has 1 aromatic carbocycles. The number of rotatable bonds is 7. The quantitative estimate of drug-likeness (QED) is 0.812. The minimum absolute atomic E-state index is 0.275. The summed E-state index contributed by atoms with van der Waals surface area (Å²) in [5, 5.41) is 10.8. The Labute approximate surface area is 129 Å². The molecule has 3 heteroatoms. The molecule has 1 aromatic rings. The van der Waals surface area contributed by atoms with Crippen LogP contribution >= 0.6 is 0 Å². The molecule has 21 heavy (non-hydrogen) atoms. The van der Waals surface area contributed by atoms with E-state index in [1.807, 2.05) is 30.3 Å². The third-order valence-electron chi connectivity index (χ3n) is 5.51. The van der Waals surface area contributed by atoms with Crippen molar-refractivity contribution in [1.29, 1.82) is 0 Å². The van der Waals surface area contributed by atoms with Gasteiger partial charge in [0.15, 0.2) is 0 Å². The maximum Gasteiger partial charge on any atom is 0.103 e. The van der Waals surface area contributed by atoms with Crippen molar-refractivity contribution in [2.75, 3.05) is 26.2 Å². The summed E-state index contributed by atoms with van der Waals surface area (Å²) in [6.07, 6.45) is 4.49. The van der Waals surface area contributed by atoms with Crippen molar-refractivity contribution in [3.05, 3.63) is 35.9 Å². The van der Waals surface area contributed by atoms with Crippen LogP contribution in [0.1, 0.15) is 45.1 Å². The van der Waals surface area contributed by atoms with Gasteiger partial charge in [0.05, 0.1) is 0 Å². The highest BCUT2D eigenvalue weighted by Crippen LogP contribution is 2.37. The summed E-state index contributed by atoms with van der Waals surface area (Å²) in [6, 6.07) is 9.84. The Bertz CT molecular complexity index is 430. The van der Waals surface area contributed by atoms with Crippen molar-refractivity contribution in [3.63, 3.8) is 0 Å². The Morgan fingerprint density at radius 1 is 1.24 bits per heavy atom. The zero-order valence-corrected chi connectivity index (χ0v) is 13.5. The van der Waals surface area contributed by atoms with Gasteiger partial charge in [-0.3, -0.25) is 0 Å². The SMILES string of the molecule is CCC1(CC)CCN(CCC(O)(CN)c2ccccc2)C1. The number of benzene rings is 1. The summed E-state index contributed by atoms with van der Waals surface area (Å²) >= 11 is 0. The van der Waals surface area contributed by atoms with Gasteiger partial charge in [-0.1, -0.05) is 44.2 Å². The molecule has 0 bridgehead atoms. The van der Waals surface area contributed by atoms with Crippen molar-refractivity contribution < 1.29 is 5.11 Å². The van der Waals surface area contributed by atoms with Gasteiger partial charge in [0.1, 0.15) is 5.60 Å². The van der Waals surface area contributed by atoms with Crippen molar-refractivity contribution >= 4 is 0 Å². The Balaban J connectivity index is 1.96. The molecule has 1 unspecified atom stereocenters. The average Bonchev–Trinajstić information content (AvgIpc) is 2.98. The first-order valence-corrected chi connectivity index (χ1v) is 8.28. The summed E-state index contributed by atoms with van der Waals surface area (Å²) < 4.78 is 0. The Morgan fingerprint density at radius 2 is 1.90 bits per heavy atom. The van der Waals surface area contributed by atoms with E-state index < -0.39 is 5.60 Å². The fraction of sp³-hybridized carbons (Fsp3) is 0.667. The fourth-order valence-electron chi connectivity index (χ4n) is 3.50. The van der Waals surface area contributed by atoms with Gasteiger partial charge in [-0.25, -0.2) is 0 Å². The summed E-state index contributed by atoms with van der Waals surface area (Å²) in [5.41, 5.74) is 6.39. The molecule has 1 heterocycles. The van der Waals surface area contributed by atoms with Crippen molar-refractivity contribution in [1.82, 2.24) is 4.90 Å². The van der Waals surface area contributed by atoms with Crippen LogP contribution in [0.2, 0.25) is 0 Å². The Hall–Kier alpha value is -0.900. The lowest BCUT2D eigenvalue weighted by molar-refractivity contribution is 0.0267. The van der Waals surface area contributed by atoms with Gasteiger partial charge >= 0.3 is 0 Å². The number of aliphatic hydroxyl groups is 1. The highest BCUT2D eigenvalue weighted by atomic mass is 16.3. The minimum Gasteiger partial charge on any atom is -0.384 e. The molecule has 2 rings (SSSR count). The lowest BCUT2D eigenvalue weighted by atomic mass is 9.82. The summed E-state index contributed by atoms with van der Waals surface area (Å²) in [7, 11) is 0. The fourth-order valence-corrected chi connectivity index (χ4v) is 3.50. The summed E-state index contributed by atoms with van der Waals surface area (Å²) in [4.78, 5) is 2.50. The van der Waals surface area contributed by atoms with Crippen LogP contribution < -0.4 is 5.73 Å². The number of hydrogen-bond donors (Lipinski definition) is 2. The van der Waals surface area contributed by atoms with Gasteiger partial charge in [0, 0.05) is 19.6 Å². The smallest absolute Gasteiger partial charge is 0.103 e. The molecule has 1 saturated heterocycles. The van der Waals surface area contributed by atoms with Crippen LogP contribution in [-0.2, 0) is 5.60 Å². The van der Waals surface area contributed by atoms with Crippen LogP contribution in [0.25, 0.3) is 0 Å². The predicted molar refractivity (Wildman–Crippen MR) is 88.1 cm³/mol. The van der Waals surface area contributed by atoms with Crippen molar-refractivity contribution in [3.8, 4) is 0 Å². The molecule has 1 fully saturated rings. The summed E-state index contributed by atoms with van der Waals surface area (Å²) in [5.74, 6) is 0. The number of nitrogens with two attached hydrogens (primary N) is 1. The normalized spacial score (nSPS) is 21.3. The molecule has 3 N–H and O–H groups in total. The zero-order chi connectivity index (χ0) is 15.3. The van der Waals surface area contributed by atoms with Crippen LogP contribution in [0.5, 0.6) is 0 Å². The molecule has 1 aliphatic rings. The average molecular weight is 290 g/mol. The third-order valence-corrected chi connectivity index (χ3v) is 5.51. The van der Waals surface area contributed by atoms with E-state index in [9.17, 15) is 5.11 Å². The second-order valence-corrected chi connectivity index (χ2v) is 6.58. The maximum atomic E-state index is 10.8. The lowest BCUT2D eigenvalue weighted by Crippen LogP contribution is -2.39. The predicted octanol–water partition coefficient (Wildman–Crippen LogP) is 2.74. The molecule has 3 nitrogen and oxygen atoms in total. The van der Waals surface area contributed by atoms with E-state index in [4.69, 9.17) is 5.73 Å². The largest absolute Gasteiger partial charge is 0.384 e. The monoisotopic (exact) mass is 290 g/mol. The van der Waals surface area contributed by atoms with Gasteiger partial charge in [0.2, 0.25) is 0 Å². The minimum atomic E-state index is -0.898. The molecule has 1 aliphatic heterocycles. The van der Waals surface area contributed by atoms with Gasteiger partial charge < -0.3 is 15.7 Å². The molecule has 0 saturated carbocycles. The molecule has 0 amide bonds. The van der Waals surface area contributed by atoms with E-state index in [0.29, 0.717) is 11.8 Å². The molecular weight excluding hydrogens is 260 g/mol. The van der Waals surface area contributed by atoms with E-state index in [1.54, 1.807) is 0 Å².